The summed E-state index contributed by atoms with van der Waals surface area (Å²) in [6.45, 7) is 2.04. The molecule has 3 rings (SSSR count). The molecule has 0 amide bonds. The molecule has 20 heavy (non-hydrogen) atoms. The van der Waals surface area contributed by atoms with E-state index in [1.54, 1.807) is 14.2 Å². The summed E-state index contributed by atoms with van der Waals surface area (Å²) in [5, 5.41) is 4.31. The quantitative estimate of drug-likeness (QED) is 0.906. The van der Waals surface area contributed by atoms with Gasteiger partial charge < -0.3 is 19.7 Å². The first-order chi connectivity index (χ1) is 9.71. The Morgan fingerprint density at radius 2 is 1.85 bits per heavy atom. The van der Waals surface area contributed by atoms with E-state index in [1.165, 1.54) is 19.3 Å². The van der Waals surface area contributed by atoms with Crippen LogP contribution in [0.15, 0.2) is 12.1 Å². The first-order valence-electron chi connectivity index (χ1n) is 7.13. The third-order valence-corrected chi connectivity index (χ3v) is 4.33. The van der Waals surface area contributed by atoms with E-state index < -0.39 is 0 Å². The second-order valence-corrected chi connectivity index (χ2v) is 5.94. The fourth-order valence-electron chi connectivity index (χ4n) is 2.79. The van der Waals surface area contributed by atoms with Gasteiger partial charge in [0.25, 0.3) is 0 Å². The van der Waals surface area contributed by atoms with Gasteiger partial charge in [0.2, 0.25) is 0 Å². The average Bonchev–Trinajstić information content (AvgIpc) is 3.14. The van der Waals surface area contributed by atoms with Gasteiger partial charge in [-0.3, -0.25) is 0 Å². The van der Waals surface area contributed by atoms with Crippen molar-refractivity contribution in [3.63, 3.8) is 0 Å². The van der Waals surface area contributed by atoms with Crippen molar-refractivity contribution in [2.75, 3.05) is 32.2 Å². The lowest BCUT2D eigenvalue weighted by molar-refractivity contribution is 0.394. The van der Waals surface area contributed by atoms with Crippen LogP contribution in [-0.2, 0) is 0 Å². The van der Waals surface area contributed by atoms with Gasteiger partial charge in [-0.2, -0.15) is 0 Å². The van der Waals surface area contributed by atoms with Gasteiger partial charge in [0.1, 0.15) is 11.5 Å². The molecule has 2 aliphatic rings. The van der Waals surface area contributed by atoms with Crippen molar-refractivity contribution < 1.29 is 9.47 Å². The number of hydrogen-bond donors (Lipinski definition) is 1. The first-order valence-corrected chi connectivity index (χ1v) is 7.51. The predicted molar refractivity (Wildman–Crippen MR) is 81.3 cm³/mol. The lowest BCUT2D eigenvalue weighted by atomic mass is 10.2. The smallest absolute Gasteiger partial charge is 0.145 e. The van der Waals surface area contributed by atoms with Crippen molar-refractivity contribution >= 4 is 17.3 Å². The highest BCUT2D eigenvalue weighted by Gasteiger charge is 2.30. The molecule has 1 aliphatic heterocycles. The maximum absolute atomic E-state index is 6.24. The number of nitrogens with one attached hydrogen (secondary N) is 1. The molecule has 1 saturated heterocycles. The van der Waals surface area contributed by atoms with E-state index in [-0.39, 0.29) is 0 Å². The number of methoxy groups -OCH3 is 2. The second-order valence-electron chi connectivity index (χ2n) is 5.53. The highest BCUT2D eigenvalue weighted by molar-refractivity contribution is 6.32. The van der Waals surface area contributed by atoms with Crippen molar-refractivity contribution in [1.29, 1.82) is 0 Å². The van der Waals surface area contributed by atoms with E-state index in [4.69, 9.17) is 21.1 Å². The Bertz CT molecular complexity index is 491. The summed E-state index contributed by atoms with van der Waals surface area (Å²) in [6.07, 6.45) is 3.83. The molecular formula is C15H21ClN2O2. The Labute approximate surface area is 125 Å². The van der Waals surface area contributed by atoms with Gasteiger partial charge in [-0.25, -0.2) is 0 Å². The Balaban J connectivity index is 1.77. The lowest BCUT2D eigenvalue weighted by Gasteiger charge is -2.22. The first kappa shape index (κ1) is 13.8. The average molecular weight is 297 g/mol. The van der Waals surface area contributed by atoms with Gasteiger partial charge in [-0.05, 0) is 25.3 Å². The van der Waals surface area contributed by atoms with Crippen molar-refractivity contribution in [1.82, 2.24) is 5.32 Å². The maximum Gasteiger partial charge on any atom is 0.145 e. The predicted octanol–water partition coefficient (Wildman–Crippen LogP) is 2.69. The number of anilines is 1. The molecule has 1 atom stereocenters. The SMILES string of the molecule is COc1cc(OC)c(N2CCC(NC3CC3)C2)cc1Cl. The zero-order valence-electron chi connectivity index (χ0n) is 12.0. The topological polar surface area (TPSA) is 33.7 Å². The molecule has 1 aliphatic carbocycles. The number of nitrogens with zero attached hydrogens (tertiary/aromatic N) is 1. The molecule has 4 nitrogen and oxygen atoms in total. The van der Waals surface area contributed by atoms with Crippen molar-refractivity contribution in [2.45, 2.75) is 31.3 Å². The van der Waals surface area contributed by atoms with Crippen LogP contribution >= 0.6 is 11.6 Å². The van der Waals surface area contributed by atoms with Crippen LogP contribution in [0.4, 0.5) is 5.69 Å². The molecule has 1 unspecified atom stereocenters. The summed E-state index contributed by atoms with van der Waals surface area (Å²) in [5.41, 5.74) is 1.05. The highest BCUT2D eigenvalue weighted by Crippen LogP contribution is 2.39. The number of halogens is 1. The van der Waals surface area contributed by atoms with E-state index in [0.29, 0.717) is 16.8 Å². The van der Waals surface area contributed by atoms with Crippen LogP contribution in [0.5, 0.6) is 11.5 Å². The van der Waals surface area contributed by atoms with Crippen LogP contribution in [0, 0.1) is 0 Å². The third kappa shape index (κ3) is 2.81. The standard InChI is InChI=1S/C15H21ClN2O2/c1-19-14-8-15(20-2)13(7-12(14)16)18-6-5-11(9-18)17-10-3-4-10/h7-8,10-11,17H,3-6,9H2,1-2H3. The monoisotopic (exact) mass is 296 g/mol. The molecule has 1 aromatic carbocycles. The molecule has 1 N–H and O–H groups in total. The largest absolute Gasteiger partial charge is 0.495 e. The van der Waals surface area contributed by atoms with Crippen molar-refractivity contribution in [3.05, 3.63) is 17.2 Å². The molecule has 110 valence electrons. The van der Waals surface area contributed by atoms with Gasteiger partial charge in [0.15, 0.2) is 0 Å². The normalized spacial score (nSPS) is 22.1. The third-order valence-electron chi connectivity index (χ3n) is 4.03. The zero-order valence-corrected chi connectivity index (χ0v) is 12.7. The second kappa shape index (κ2) is 5.70. The number of hydrogen-bond acceptors (Lipinski definition) is 4. The van der Waals surface area contributed by atoms with E-state index in [2.05, 4.69) is 10.2 Å². The maximum atomic E-state index is 6.24. The Morgan fingerprint density at radius 1 is 1.10 bits per heavy atom. The minimum atomic E-state index is 0.577. The van der Waals surface area contributed by atoms with Gasteiger partial charge in [0, 0.05) is 31.2 Å². The molecule has 5 heteroatoms. The molecule has 0 radical (unpaired) electrons. The van der Waals surface area contributed by atoms with Gasteiger partial charge in [0.05, 0.1) is 24.9 Å². The van der Waals surface area contributed by atoms with E-state index in [0.717, 1.165) is 30.6 Å². The van der Waals surface area contributed by atoms with Crippen LogP contribution in [0.3, 0.4) is 0 Å². The summed E-state index contributed by atoms with van der Waals surface area (Å²) < 4.78 is 10.7. The lowest BCUT2D eigenvalue weighted by Crippen LogP contribution is -2.34. The van der Waals surface area contributed by atoms with Gasteiger partial charge >= 0.3 is 0 Å². The molecule has 0 spiro atoms. The Morgan fingerprint density at radius 3 is 2.50 bits per heavy atom. The minimum Gasteiger partial charge on any atom is -0.495 e. The van der Waals surface area contributed by atoms with Crippen LogP contribution in [0.1, 0.15) is 19.3 Å². The molecule has 2 fully saturated rings. The summed E-state index contributed by atoms with van der Waals surface area (Å²) >= 11 is 6.24. The minimum absolute atomic E-state index is 0.577. The van der Waals surface area contributed by atoms with E-state index >= 15 is 0 Å². The molecule has 1 heterocycles. The van der Waals surface area contributed by atoms with E-state index in [1.807, 2.05) is 12.1 Å². The molecular weight excluding hydrogens is 276 g/mol. The number of ether oxygens (including phenoxy) is 2. The van der Waals surface area contributed by atoms with Crippen molar-refractivity contribution in [2.24, 2.45) is 0 Å². The van der Waals surface area contributed by atoms with Gasteiger partial charge in [-0.1, -0.05) is 11.6 Å². The highest BCUT2D eigenvalue weighted by atomic mass is 35.5. The zero-order chi connectivity index (χ0) is 14.1. The summed E-state index contributed by atoms with van der Waals surface area (Å²) in [5.74, 6) is 1.47. The van der Waals surface area contributed by atoms with Gasteiger partial charge in [-0.15, -0.1) is 0 Å². The summed E-state index contributed by atoms with van der Waals surface area (Å²) in [4.78, 5) is 2.34. The Hall–Kier alpha value is -1.13. The summed E-state index contributed by atoms with van der Waals surface area (Å²) in [7, 11) is 3.30. The van der Waals surface area contributed by atoms with Crippen molar-refractivity contribution in [3.8, 4) is 11.5 Å². The summed E-state index contributed by atoms with van der Waals surface area (Å²) in [6, 6.07) is 5.13. The molecule has 0 aromatic heterocycles. The molecule has 0 bridgehead atoms. The fourth-order valence-corrected chi connectivity index (χ4v) is 3.02. The Kier molecular flexibility index (Phi) is 3.94. The number of benzene rings is 1. The molecule has 1 saturated carbocycles. The van der Waals surface area contributed by atoms with Crippen LogP contribution in [0.25, 0.3) is 0 Å². The van der Waals surface area contributed by atoms with E-state index in [9.17, 15) is 0 Å². The van der Waals surface area contributed by atoms with Crippen LogP contribution < -0.4 is 19.7 Å². The number of rotatable bonds is 5. The van der Waals surface area contributed by atoms with Crippen LogP contribution in [0.2, 0.25) is 5.02 Å². The van der Waals surface area contributed by atoms with Crippen LogP contribution in [-0.4, -0.2) is 39.4 Å². The molecule has 1 aromatic rings. The fraction of sp³-hybridized carbons (Fsp3) is 0.600.